The molecule has 0 saturated carbocycles. The number of amides is 1. The number of fused-ring (bicyclic) bond motifs is 1. The summed E-state index contributed by atoms with van der Waals surface area (Å²) in [5.74, 6) is 0.112. The van der Waals surface area contributed by atoms with Gasteiger partial charge in [0.1, 0.15) is 5.52 Å². The largest absolute Gasteiger partial charge is 0.353 e. The molecule has 7 nitrogen and oxygen atoms in total. The van der Waals surface area contributed by atoms with Crippen LogP contribution in [0.15, 0.2) is 40.3 Å². The number of benzene rings is 1. The molecule has 1 amide bonds. The summed E-state index contributed by atoms with van der Waals surface area (Å²) in [6.07, 6.45) is 0.967. The monoisotopic (exact) mass is 371 g/mol. The first-order valence-electron chi connectivity index (χ1n) is 8.48. The fourth-order valence-electron chi connectivity index (χ4n) is 2.53. The van der Waals surface area contributed by atoms with Crippen LogP contribution in [0.2, 0.25) is 0 Å². The number of hydrogen-bond donors (Lipinski definition) is 2. The van der Waals surface area contributed by atoms with Crippen molar-refractivity contribution in [3.8, 4) is 11.3 Å². The van der Waals surface area contributed by atoms with Crippen molar-refractivity contribution in [2.75, 3.05) is 5.75 Å². The van der Waals surface area contributed by atoms with Gasteiger partial charge in [0.25, 0.3) is 5.56 Å². The normalized spacial score (nSPS) is 11.2. The van der Waals surface area contributed by atoms with Gasteiger partial charge in [0, 0.05) is 11.6 Å². The van der Waals surface area contributed by atoms with E-state index in [0.29, 0.717) is 16.4 Å². The van der Waals surface area contributed by atoms with E-state index in [9.17, 15) is 9.59 Å². The number of carbonyl (C=O) groups is 1. The first-order valence-corrected chi connectivity index (χ1v) is 9.46. The molecular formula is C18H21N5O2S. The van der Waals surface area contributed by atoms with Crippen molar-refractivity contribution in [3.63, 3.8) is 0 Å². The van der Waals surface area contributed by atoms with Gasteiger partial charge in [-0.25, -0.2) is 9.61 Å². The van der Waals surface area contributed by atoms with E-state index in [1.807, 2.05) is 38.1 Å². The van der Waals surface area contributed by atoms with E-state index in [1.54, 1.807) is 6.07 Å². The Morgan fingerprint density at radius 1 is 1.31 bits per heavy atom. The Balaban J connectivity index is 1.91. The van der Waals surface area contributed by atoms with Crippen LogP contribution in [0.5, 0.6) is 0 Å². The van der Waals surface area contributed by atoms with Crippen molar-refractivity contribution in [3.05, 3.63) is 46.2 Å². The second kappa shape index (κ2) is 7.74. The topological polar surface area (TPSA) is 92.1 Å². The van der Waals surface area contributed by atoms with Crippen molar-refractivity contribution >= 4 is 23.2 Å². The number of aromatic amines is 1. The standard InChI is InChI=1S/C18H21N5O2S/c1-4-12-5-7-13(8-6-12)14-9-15-17(25)20-21-18(23(15)22-14)26-10-16(24)19-11(2)3/h5-9,11H,4,10H2,1-3H3,(H,19,24)(H,20,25). The number of hydrogen-bond acceptors (Lipinski definition) is 5. The molecule has 8 heteroatoms. The number of aromatic nitrogens is 4. The van der Waals surface area contributed by atoms with Crippen LogP contribution in [0, 0.1) is 0 Å². The summed E-state index contributed by atoms with van der Waals surface area (Å²) in [5, 5.41) is 14.3. The van der Waals surface area contributed by atoms with Crippen molar-refractivity contribution < 1.29 is 4.79 Å². The second-order valence-corrected chi connectivity index (χ2v) is 7.17. The van der Waals surface area contributed by atoms with Gasteiger partial charge in [-0.1, -0.05) is 43.0 Å². The van der Waals surface area contributed by atoms with Gasteiger partial charge in [0.05, 0.1) is 11.4 Å². The van der Waals surface area contributed by atoms with Crippen molar-refractivity contribution in [1.29, 1.82) is 0 Å². The SMILES string of the molecule is CCc1ccc(-c2cc3c(=O)[nH]nc(SCC(=O)NC(C)C)n3n2)cc1. The van der Waals surface area contributed by atoms with E-state index in [0.717, 1.165) is 12.0 Å². The molecule has 0 radical (unpaired) electrons. The minimum atomic E-state index is -0.315. The van der Waals surface area contributed by atoms with Gasteiger partial charge in [0.2, 0.25) is 11.1 Å². The molecule has 0 aliphatic heterocycles. The van der Waals surface area contributed by atoms with Gasteiger partial charge in [-0.15, -0.1) is 5.10 Å². The third-order valence-corrected chi connectivity index (χ3v) is 4.75. The van der Waals surface area contributed by atoms with Crippen LogP contribution in [0.25, 0.3) is 16.8 Å². The number of nitrogens with one attached hydrogen (secondary N) is 2. The number of H-pyrrole nitrogens is 1. The summed E-state index contributed by atoms with van der Waals surface area (Å²) in [7, 11) is 0. The summed E-state index contributed by atoms with van der Waals surface area (Å²) in [4.78, 5) is 23.9. The van der Waals surface area contributed by atoms with E-state index < -0.39 is 0 Å². The maximum atomic E-state index is 12.1. The second-order valence-electron chi connectivity index (χ2n) is 6.22. The Morgan fingerprint density at radius 2 is 2.04 bits per heavy atom. The van der Waals surface area contributed by atoms with E-state index in [-0.39, 0.29) is 23.3 Å². The van der Waals surface area contributed by atoms with Crippen molar-refractivity contribution in [2.24, 2.45) is 0 Å². The van der Waals surface area contributed by atoms with Crippen LogP contribution < -0.4 is 10.9 Å². The summed E-state index contributed by atoms with van der Waals surface area (Å²) in [5.41, 5.74) is 2.95. The number of thioether (sulfide) groups is 1. The van der Waals surface area contributed by atoms with Gasteiger partial charge in [-0.3, -0.25) is 9.59 Å². The molecule has 0 spiro atoms. The van der Waals surface area contributed by atoms with Crippen LogP contribution in [-0.4, -0.2) is 37.5 Å². The quantitative estimate of drug-likeness (QED) is 0.649. The van der Waals surface area contributed by atoms with Gasteiger partial charge in [-0.2, -0.15) is 5.10 Å². The van der Waals surface area contributed by atoms with Gasteiger partial charge < -0.3 is 5.32 Å². The highest BCUT2D eigenvalue weighted by Crippen LogP contribution is 2.22. The molecule has 2 aromatic heterocycles. The molecule has 136 valence electrons. The molecule has 2 N–H and O–H groups in total. The summed E-state index contributed by atoms with van der Waals surface area (Å²) in [6.45, 7) is 5.91. The van der Waals surface area contributed by atoms with E-state index in [4.69, 9.17) is 0 Å². The summed E-state index contributed by atoms with van der Waals surface area (Å²) < 4.78 is 1.50. The molecule has 0 bridgehead atoms. The molecule has 0 unspecified atom stereocenters. The molecule has 3 aromatic rings. The molecule has 0 atom stereocenters. The van der Waals surface area contributed by atoms with Crippen molar-refractivity contribution in [2.45, 2.75) is 38.4 Å². The lowest BCUT2D eigenvalue weighted by atomic mass is 10.1. The zero-order valence-electron chi connectivity index (χ0n) is 14.9. The zero-order valence-corrected chi connectivity index (χ0v) is 15.8. The van der Waals surface area contributed by atoms with E-state index in [1.165, 1.54) is 21.8 Å². The highest BCUT2D eigenvalue weighted by Gasteiger charge is 2.14. The Bertz CT molecular complexity index is 975. The molecule has 0 saturated heterocycles. The average molecular weight is 371 g/mol. The summed E-state index contributed by atoms with van der Waals surface area (Å²) >= 11 is 1.23. The van der Waals surface area contributed by atoms with Crippen LogP contribution >= 0.6 is 11.8 Å². The fourth-order valence-corrected chi connectivity index (χ4v) is 3.25. The zero-order chi connectivity index (χ0) is 18.7. The Hall–Kier alpha value is -2.61. The number of aryl methyl sites for hydroxylation is 1. The number of carbonyl (C=O) groups excluding carboxylic acids is 1. The first kappa shape index (κ1) is 18.2. The molecule has 3 rings (SSSR count). The minimum absolute atomic E-state index is 0.0778. The number of nitrogens with zero attached hydrogens (tertiary/aromatic N) is 3. The Morgan fingerprint density at radius 3 is 2.69 bits per heavy atom. The minimum Gasteiger partial charge on any atom is -0.353 e. The van der Waals surface area contributed by atoms with E-state index >= 15 is 0 Å². The van der Waals surface area contributed by atoms with Crippen LogP contribution in [0.1, 0.15) is 26.3 Å². The highest BCUT2D eigenvalue weighted by molar-refractivity contribution is 7.99. The average Bonchev–Trinajstić information content (AvgIpc) is 3.07. The summed E-state index contributed by atoms with van der Waals surface area (Å²) in [6, 6.07) is 9.89. The lowest BCUT2D eigenvalue weighted by molar-refractivity contribution is -0.119. The molecule has 26 heavy (non-hydrogen) atoms. The lowest BCUT2D eigenvalue weighted by Crippen LogP contribution is -2.31. The number of rotatable bonds is 6. The first-order chi connectivity index (χ1) is 12.5. The molecule has 1 aromatic carbocycles. The molecular weight excluding hydrogens is 350 g/mol. The van der Waals surface area contributed by atoms with Crippen LogP contribution in [-0.2, 0) is 11.2 Å². The maximum Gasteiger partial charge on any atom is 0.290 e. The maximum absolute atomic E-state index is 12.1. The molecule has 0 fully saturated rings. The van der Waals surface area contributed by atoms with Crippen LogP contribution in [0.4, 0.5) is 0 Å². The Labute approximate surface area is 155 Å². The smallest absolute Gasteiger partial charge is 0.290 e. The third kappa shape index (κ3) is 3.96. The lowest BCUT2D eigenvalue weighted by Gasteiger charge is -2.07. The molecule has 0 aliphatic carbocycles. The Kier molecular flexibility index (Phi) is 5.41. The van der Waals surface area contributed by atoms with Crippen molar-refractivity contribution in [1.82, 2.24) is 25.1 Å². The fraction of sp³-hybridized carbons (Fsp3) is 0.333. The molecule has 0 aliphatic rings. The predicted octanol–water partition coefficient (Wildman–Crippen LogP) is 2.26. The molecule has 2 heterocycles. The third-order valence-electron chi connectivity index (χ3n) is 3.82. The van der Waals surface area contributed by atoms with Gasteiger partial charge in [-0.05, 0) is 31.9 Å². The van der Waals surface area contributed by atoms with Gasteiger partial charge in [0.15, 0.2) is 0 Å². The van der Waals surface area contributed by atoms with Crippen LogP contribution in [0.3, 0.4) is 0 Å². The predicted molar refractivity (Wildman–Crippen MR) is 102 cm³/mol. The van der Waals surface area contributed by atoms with Gasteiger partial charge >= 0.3 is 0 Å². The highest BCUT2D eigenvalue weighted by atomic mass is 32.2. The van der Waals surface area contributed by atoms with E-state index in [2.05, 4.69) is 27.5 Å².